The number of ether oxygens (including phenoxy) is 4. The lowest BCUT2D eigenvalue weighted by Crippen LogP contribution is -2.36. The van der Waals surface area contributed by atoms with Crippen LogP contribution in [0.15, 0.2) is 35.3 Å². The highest BCUT2D eigenvalue weighted by Crippen LogP contribution is 2.38. The van der Waals surface area contributed by atoms with Crippen LogP contribution in [-0.4, -0.2) is 52.5 Å². The number of carbonyl (C=O) groups excluding carboxylic acids is 1. The minimum absolute atomic E-state index is 0.0598. The lowest BCUT2D eigenvalue weighted by atomic mass is 10.1. The summed E-state index contributed by atoms with van der Waals surface area (Å²) in [4.78, 5) is 17.7. The van der Waals surface area contributed by atoms with E-state index in [-0.39, 0.29) is 12.0 Å². The number of carbonyl (C=O) groups is 1. The number of hydrogen-bond donors (Lipinski definition) is 2. The molecule has 2 N–H and O–H groups in total. The standard InChI is InChI=1S/C24H31N3O5/c1-15-8-9-18(11-16(15)2)26-24(25-14-19-7-6-10-32-19)27-23(28)17-12-20(29-3)22(31-5)21(13-17)30-4/h8-9,11-13,19H,6-7,10,14H2,1-5H3,(H2,25,26,27,28)/t19-/m1/s1. The van der Waals surface area contributed by atoms with Crippen LogP contribution in [0, 0.1) is 13.8 Å². The average molecular weight is 442 g/mol. The lowest BCUT2D eigenvalue weighted by Gasteiger charge is -2.16. The van der Waals surface area contributed by atoms with Crippen LogP contribution in [0.2, 0.25) is 0 Å². The maximum absolute atomic E-state index is 13.1. The van der Waals surface area contributed by atoms with Crippen LogP contribution in [0.3, 0.4) is 0 Å². The van der Waals surface area contributed by atoms with Crippen molar-refractivity contribution >= 4 is 17.6 Å². The summed E-state index contributed by atoms with van der Waals surface area (Å²) in [6.07, 6.45) is 2.05. The number of nitrogens with zero attached hydrogens (tertiary/aromatic N) is 1. The SMILES string of the molecule is COc1cc(C(=O)NC(=NC[C@H]2CCCO2)Nc2ccc(C)c(C)c2)cc(OC)c1OC. The first-order chi connectivity index (χ1) is 15.4. The van der Waals surface area contributed by atoms with E-state index >= 15 is 0 Å². The number of rotatable bonds is 7. The maximum Gasteiger partial charge on any atom is 0.258 e. The van der Waals surface area contributed by atoms with E-state index in [1.807, 2.05) is 25.1 Å². The summed E-state index contributed by atoms with van der Waals surface area (Å²) in [6.45, 7) is 5.30. The molecule has 8 heteroatoms. The minimum atomic E-state index is -0.355. The molecule has 0 radical (unpaired) electrons. The number of anilines is 1. The predicted octanol–water partition coefficient (Wildman–Crippen LogP) is 3.71. The first kappa shape index (κ1) is 23.4. The van der Waals surface area contributed by atoms with E-state index in [9.17, 15) is 4.79 Å². The number of guanidine groups is 1. The Morgan fingerprint density at radius 2 is 1.78 bits per heavy atom. The molecule has 2 aromatic rings. The fraction of sp³-hybridized carbons (Fsp3) is 0.417. The second kappa shape index (κ2) is 10.9. The number of nitrogens with one attached hydrogen (secondary N) is 2. The van der Waals surface area contributed by atoms with Crippen LogP contribution in [-0.2, 0) is 4.74 Å². The fourth-order valence-corrected chi connectivity index (χ4v) is 3.44. The molecule has 0 bridgehead atoms. The molecule has 1 heterocycles. The topological polar surface area (TPSA) is 90.4 Å². The summed E-state index contributed by atoms with van der Waals surface area (Å²) >= 11 is 0. The van der Waals surface area contributed by atoms with Crippen LogP contribution in [0.5, 0.6) is 17.2 Å². The van der Waals surface area contributed by atoms with E-state index in [2.05, 4.69) is 22.5 Å². The van der Waals surface area contributed by atoms with E-state index in [1.54, 1.807) is 12.1 Å². The third-order valence-electron chi connectivity index (χ3n) is 5.41. The van der Waals surface area contributed by atoms with Gasteiger partial charge in [-0.1, -0.05) is 6.07 Å². The van der Waals surface area contributed by atoms with Crippen molar-refractivity contribution in [3.05, 3.63) is 47.0 Å². The Kier molecular flexibility index (Phi) is 7.94. The second-order valence-corrected chi connectivity index (χ2v) is 7.62. The van der Waals surface area contributed by atoms with Crippen LogP contribution < -0.4 is 24.8 Å². The second-order valence-electron chi connectivity index (χ2n) is 7.62. The van der Waals surface area contributed by atoms with Crippen LogP contribution in [0.4, 0.5) is 5.69 Å². The lowest BCUT2D eigenvalue weighted by molar-refractivity contribution is 0.0974. The summed E-state index contributed by atoms with van der Waals surface area (Å²) in [6, 6.07) is 9.20. The number of amides is 1. The number of aliphatic imine (C=N–C) groups is 1. The Balaban J connectivity index is 1.85. The van der Waals surface area contributed by atoms with Gasteiger partial charge < -0.3 is 24.3 Å². The third kappa shape index (κ3) is 5.70. The van der Waals surface area contributed by atoms with Gasteiger partial charge in [0.25, 0.3) is 5.91 Å². The minimum Gasteiger partial charge on any atom is -0.493 e. The van der Waals surface area contributed by atoms with E-state index in [0.29, 0.717) is 35.3 Å². The molecule has 0 aromatic heterocycles. The van der Waals surface area contributed by atoms with Gasteiger partial charge in [0.2, 0.25) is 11.7 Å². The number of hydrogen-bond acceptors (Lipinski definition) is 6. The molecule has 1 fully saturated rings. The summed E-state index contributed by atoms with van der Waals surface area (Å²) in [5.74, 6) is 1.22. The maximum atomic E-state index is 13.1. The molecule has 0 unspecified atom stereocenters. The van der Waals surface area contributed by atoms with E-state index in [4.69, 9.17) is 18.9 Å². The Hall–Kier alpha value is -3.26. The van der Waals surface area contributed by atoms with Crippen molar-refractivity contribution < 1.29 is 23.7 Å². The van der Waals surface area contributed by atoms with Gasteiger partial charge in [-0.2, -0.15) is 0 Å². The molecule has 8 nitrogen and oxygen atoms in total. The monoisotopic (exact) mass is 441 g/mol. The van der Waals surface area contributed by atoms with Crippen molar-refractivity contribution in [2.75, 3.05) is 39.8 Å². The highest BCUT2D eigenvalue weighted by atomic mass is 16.5. The van der Waals surface area contributed by atoms with Gasteiger partial charge in [-0.25, -0.2) is 4.99 Å². The van der Waals surface area contributed by atoms with Crippen LogP contribution >= 0.6 is 0 Å². The Morgan fingerprint density at radius 1 is 1.06 bits per heavy atom. The summed E-state index contributed by atoms with van der Waals surface area (Å²) < 4.78 is 21.7. The molecule has 1 amide bonds. The van der Waals surface area contributed by atoms with Gasteiger partial charge in [-0.05, 0) is 62.1 Å². The summed E-state index contributed by atoms with van der Waals surface area (Å²) in [7, 11) is 4.53. The van der Waals surface area contributed by atoms with Crippen LogP contribution in [0.25, 0.3) is 0 Å². The van der Waals surface area contributed by atoms with Crippen molar-refractivity contribution in [2.24, 2.45) is 4.99 Å². The molecular formula is C24H31N3O5. The van der Waals surface area contributed by atoms with Gasteiger partial charge in [0.05, 0.1) is 34.0 Å². The first-order valence-corrected chi connectivity index (χ1v) is 10.6. The molecule has 172 valence electrons. The quantitative estimate of drug-likeness (QED) is 0.503. The Morgan fingerprint density at radius 3 is 2.34 bits per heavy atom. The largest absolute Gasteiger partial charge is 0.493 e. The molecule has 0 spiro atoms. The third-order valence-corrected chi connectivity index (χ3v) is 5.41. The van der Waals surface area contributed by atoms with Gasteiger partial charge in [0.1, 0.15) is 0 Å². The van der Waals surface area contributed by atoms with Gasteiger partial charge in [-0.15, -0.1) is 0 Å². The zero-order valence-corrected chi connectivity index (χ0v) is 19.3. The number of benzene rings is 2. The predicted molar refractivity (Wildman–Crippen MR) is 124 cm³/mol. The number of aryl methyl sites for hydroxylation is 2. The van der Waals surface area contributed by atoms with Crippen LogP contribution in [0.1, 0.15) is 34.3 Å². The highest BCUT2D eigenvalue weighted by molar-refractivity contribution is 6.10. The van der Waals surface area contributed by atoms with Gasteiger partial charge in [-0.3, -0.25) is 10.1 Å². The van der Waals surface area contributed by atoms with Crippen molar-refractivity contribution in [1.82, 2.24) is 5.32 Å². The van der Waals surface area contributed by atoms with Gasteiger partial charge in [0.15, 0.2) is 11.5 Å². The van der Waals surface area contributed by atoms with Gasteiger partial charge >= 0.3 is 0 Å². The molecule has 1 saturated heterocycles. The average Bonchev–Trinajstić information content (AvgIpc) is 3.32. The smallest absolute Gasteiger partial charge is 0.258 e. The molecule has 0 saturated carbocycles. The van der Waals surface area contributed by atoms with Crippen molar-refractivity contribution in [3.63, 3.8) is 0 Å². The molecule has 32 heavy (non-hydrogen) atoms. The highest BCUT2D eigenvalue weighted by Gasteiger charge is 2.19. The zero-order valence-electron chi connectivity index (χ0n) is 19.3. The Bertz CT molecular complexity index is 959. The molecule has 1 aliphatic heterocycles. The molecule has 3 rings (SSSR count). The first-order valence-electron chi connectivity index (χ1n) is 10.6. The molecular weight excluding hydrogens is 410 g/mol. The van der Waals surface area contributed by atoms with E-state index < -0.39 is 0 Å². The zero-order chi connectivity index (χ0) is 23.1. The molecule has 2 aromatic carbocycles. The van der Waals surface area contributed by atoms with E-state index in [1.165, 1.54) is 26.9 Å². The summed E-state index contributed by atoms with van der Waals surface area (Å²) in [5, 5.41) is 6.10. The summed E-state index contributed by atoms with van der Waals surface area (Å²) in [5.41, 5.74) is 3.52. The molecule has 1 atom stereocenters. The molecule has 1 aliphatic rings. The number of methoxy groups -OCH3 is 3. The molecule has 0 aliphatic carbocycles. The fourth-order valence-electron chi connectivity index (χ4n) is 3.44. The van der Waals surface area contributed by atoms with E-state index in [0.717, 1.165) is 30.7 Å². The van der Waals surface area contributed by atoms with Gasteiger partial charge in [0, 0.05) is 17.9 Å². The Labute approximate surface area is 188 Å². The van der Waals surface area contributed by atoms with Crippen molar-refractivity contribution in [3.8, 4) is 17.2 Å². The van der Waals surface area contributed by atoms with Crippen molar-refractivity contribution in [2.45, 2.75) is 32.8 Å². The van der Waals surface area contributed by atoms with Crippen molar-refractivity contribution in [1.29, 1.82) is 0 Å². The normalized spacial score (nSPS) is 15.9.